The molecule has 0 radical (unpaired) electrons. The summed E-state index contributed by atoms with van der Waals surface area (Å²) in [4.78, 5) is 28.8. The molecule has 4 rings (SSSR count). The number of hydrogen-bond donors (Lipinski definition) is 1. The Kier molecular flexibility index (Phi) is 4.50. The molecule has 136 valence electrons. The maximum atomic E-state index is 13.3. The summed E-state index contributed by atoms with van der Waals surface area (Å²) in [5.74, 6) is -0.422. The predicted octanol–water partition coefficient (Wildman–Crippen LogP) is 3.25. The van der Waals surface area contributed by atoms with E-state index < -0.39 is 5.82 Å². The quantitative estimate of drug-likeness (QED) is 0.767. The van der Waals surface area contributed by atoms with Crippen molar-refractivity contribution in [1.82, 2.24) is 15.5 Å². The molecule has 27 heavy (non-hydrogen) atoms. The Morgan fingerprint density at radius 2 is 2.07 bits per heavy atom. The number of nitrogens with one attached hydrogen (secondary N) is 1. The van der Waals surface area contributed by atoms with Crippen LogP contribution in [0, 0.1) is 5.82 Å². The lowest BCUT2D eigenvalue weighted by atomic mass is 9.81. The molecule has 1 heterocycles. The maximum Gasteiger partial charge on any atom is 0.258 e. The molecule has 0 saturated heterocycles. The minimum absolute atomic E-state index is 0.0625. The SMILES string of the molecule is O=C1CCC(C(=O)NCc2noc(-c3cccc(F)c3)n2)c2ccccc21. The Balaban J connectivity index is 1.45. The number of ketones is 1. The number of rotatable bonds is 4. The lowest BCUT2D eigenvalue weighted by Crippen LogP contribution is -2.32. The summed E-state index contributed by atoms with van der Waals surface area (Å²) < 4.78 is 18.4. The van der Waals surface area contributed by atoms with Crippen molar-refractivity contribution in [3.8, 4) is 11.5 Å². The van der Waals surface area contributed by atoms with Crippen LogP contribution in [0.2, 0.25) is 0 Å². The van der Waals surface area contributed by atoms with E-state index >= 15 is 0 Å². The summed E-state index contributed by atoms with van der Waals surface area (Å²) in [6.07, 6.45) is 0.823. The fourth-order valence-electron chi connectivity index (χ4n) is 3.25. The first-order chi connectivity index (χ1) is 13.1. The highest BCUT2D eigenvalue weighted by Crippen LogP contribution is 2.31. The van der Waals surface area contributed by atoms with Crippen molar-refractivity contribution in [3.63, 3.8) is 0 Å². The van der Waals surface area contributed by atoms with Gasteiger partial charge in [0.05, 0.1) is 12.5 Å². The molecule has 0 fully saturated rings. The largest absolute Gasteiger partial charge is 0.348 e. The number of amides is 1. The van der Waals surface area contributed by atoms with Crippen LogP contribution in [-0.2, 0) is 11.3 Å². The average molecular weight is 365 g/mol. The molecular weight excluding hydrogens is 349 g/mol. The molecule has 3 aromatic rings. The molecule has 1 aromatic heterocycles. The van der Waals surface area contributed by atoms with E-state index in [0.717, 1.165) is 5.56 Å². The molecule has 1 N–H and O–H groups in total. The summed E-state index contributed by atoms with van der Waals surface area (Å²) in [5.41, 5.74) is 1.83. The van der Waals surface area contributed by atoms with E-state index in [1.165, 1.54) is 12.1 Å². The van der Waals surface area contributed by atoms with Gasteiger partial charge in [-0.15, -0.1) is 0 Å². The number of carbonyl (C=O) groups excluding carboxylic acids is 2. The number of halogens is 1. The first-order valence-electron chi connectivity index (χ1n) is 8.60. The van der Waals surface area contributed by atoms with Crippen molar-refractivity contribution in [2.45, 2.75) is 25.3 Å². The molecule has 1 amide bonds. The van der Waals surface area contributed by atoms with Gasteiger partial charge in [0.25, 0.3) is 5.89 Å². The molecule has 1 atom stereocenters. The van der Waals surface area contributed by atoms with E-state index in [4.69, 9.17) is 4.52 Å². The second-order valence-corrected chi connectivity index (χ2v) is 6.35. The van der Waals surface area contributed by atoms with Crippen LogP contribution in [0.1, 0.15) is 40.5 Å². The first kappa shape index (κ1) is 17.1. The minimum atomic E-state index is -0.397. The van der Waals surface area contributed by atoms with Crippen LogP contribution in [0.4, 0.5) is 4.39 Å². The van der Waals surface area contributed by atoms with Gasteiger partial charge in [-0.05, 0) is 30.2 Å². The molecule has 7 heteroatoms. The molecule has 0 saturated carbocycles. The van der Waals surface area contributed by atoms with Gasteiger partial charge < -0.3 is 9.84 Å². The molecule has 0 aliphatic heterocycles. The third kappa shape index (κ3) is 3.48. The standard InChI is InChI=1S/C20H16FN3O3/c21-13-5-3-4-12(10-13)20-23-18(24-27-20)11-22-19(26)16-8-9-17(25)15-7-2-1-6-14(15)16/h1-7,10,16H,8-9,11H2,(H,22,26). The van der Waals surface area contributed by atoms with Crippen LogP contribution < -0.4 is 5.32 Å². The van der Waals surface area contributed by atoms with Gasteiger partial charge in [0.2, 0.25) is 5.91 Å². The Morgan fingerprint density at radius 1 is 1.22 bits per heavy atom. The highest BCUT2D eigenvalue weighted by Gasteiger charge is 2.30. The predicted molar refractivity (Wildman–Crippen MR) is 94.3 cm³/mol. The van der Waals surface area contributed by atoms with E-state index in [2.05, 4.69) is 15.5 Å². The lowest BCUT2D eigenvalue weighted by Gasteiger charge is -2.23. The van der Waals surface area contributed by atoms with Crippen molar-refractivity contribution in [1.29, 1.82) is 0 Å². The normalized spacial score (nSPS) is 16.0. The van der Waals surface area contributed by atoms with Crippen molar-refractivity contribution in [3.05, 3.63) is 71.3 Å². The van der Waals surface area contributed by atoms with E-state index in [-0.39, 0.29) is 30.0 Å². The Bertz CT molecular complexity index is 1010. The van der Waals surface area contributed by atoms with Crippen LogP contribution >= 0.6 is 0 Å². The molecule has 0 spiro atoms. The fourth-order valence-corrected chi connectivity index (χ4v) is 3.25. The monoisotopic (exact) mass is 365 g/mol. The summed E-state index contributed by atoms with van der Waals surface area (Å²) in [5, 5.41) is 6.61. The second kappa shape index (κ2) is 7.11. The minimum Gasteiger partial charge on any atom is -0.348 e. The molecule has 1 unspecified atom stereocenters. The van der Waals surface area contributed by atoms with Crippen LogP contribution in [0.5, 0.6) is 0 Å². The van der Waals surface area contributed by atoms with Crippen molar-refractivity contribution in [2.24, 2.45) is 0 Å². The molecule has 0 bridgehead atoms. The van der Waals surface area contributed by atoms with E-state index in [1.54, 1.807) is 24.3 Å². The van der Waals surface area contributed by atoms with Crippen molar-refractivity contribution >= 4 is 11.7 Å². The average Bonchev–Trinajstić information content (AvgIpc) is 3.16. The topological polar surface area (TPSA) is 85.1 Å². The van der Waals surface area contributed by atoms with Gasteiger partial charge in [-0.1, -0.05) is 35.5 Å². The molecule has 6 nitrogen and oxygen atoms in total. The lowest BCUT2D eigenvalue weighted by molar-refractivity contribution is -0.123. The van der Waals surface area contributed by atoms with E-state index in [9.17, 15) is 14.0 Å². The van der Waals surface area contributed by atoms with E-state index in [0.29, 0.717) is 29.8 Å². The number of Topliss-reactive ketones (excluding diaryl/α,β-unsaturated/α-hetero) is 1. The summed E-state index contributed by atoms with van der Waals surface area (Å²) in [6.45, 7) is 0.0876. The Morgan fingerprint density at radius 3 is 2.93 bits per heavy atom. The number of benzene rings is 2. The van der Waals surface area contributed by atoms with Gasteiger partial charge in [-0.2, -0.15) is 4.98 Å². The van der Waals surface area contributed by atoms with Gasteiger partial charge in [0, 0.05) is 17.5 Å². The molecule has 1 aliphatic carbocycles. The van der Waals surface area contributed by atoms with Gasteiger partial charge in [-0.25, -0.2) is 4.39 Å². The van der Waals surface area contributed by atoms with E-state index in [1.807, 2.05) is 12.1 Å². The molecular formula is C20H16FN3O3. The third-order valence-corrected chi connectivity index (χ3v) is 4.57. The third-order valence-electron chi connectivity index (χ3n) is 4.57. The highest BCUT2D eigenvalue weighted by molar-refractivity contribution is 6.01. The van der Waals surface area contributed by atoms with Gasteiger partial charge in [0.15, 0.2) is 11.6 Å². The zero-order valence-corrected chi connectivity index (χ0v) is 14.3. The van der Waals surface area contributed by atoms with Crippen LogP contribution in [-0.4, -0.2) is 21.8 Å². The summed E-state index contributed by atoms with van der Waals surface area (Å²) in [6, 6.07) is 13.0. The van der Waals surface area contributed by atoms with Crippen molar-refractivity contribution in [2.75, 3.05) is 0 Å². The van der Waals surface area contributed by atoms with Crippen LogP contribution in [0.15, 0.2) is 53.1 Å². The van der Waals surface area contributed by atoms with Gasteiger partial charge in [-0.3, -0.25) is 9.59 Å². The smallest absolute Gasteiger partial charge is 0.258 e. The molecule has 2 aromatic carbocycles. The fraction of sp³-hybridized carbons (Fsp3) is 0.200. The Labute approximate surface area is 154 Å². The number of hydrogen-bond acceptors (Lipinski definition) is 5. The van der Waals surface area contributed by atoms with Gasteiger partial charge >= 0.3 is 0 Å². The Hall–Kier alpha value is -3.35. The summed E-state index contributed by atoms with van der Waals surface area (Å²) >= 11 is 0. The number of carbonyl (C=O) groups is 2. The summed E-state index contributed by atoms with van der Waals surface area (Å²) in [7, 11) is 0. The maximum absolute atomic E-state index is 13.3. The molecule has 1 aliphatic rings. The zero-order valence-electron chi connectivity index (χ0n) is 14.3. The number of fused-ring (bicyclic) bond motifs is 1. The highest BCUT2D eigenvalue weighted by atomic mass is 19.1. The first-order valence-corrected chi connectivity index (χ1v) is 8.60. The van der Waals surface area contributed by atoms with Crippen molar-refractivity contribution < 1.29 is 18.5 Å². The second-order valence-electron chi connectivity index (χ2n) is 6.35. The number of aromatic nitrogens is 2. The zero-order chi connectivity index (χ0) is 18.8. The van der Waals surface area contributed by atoms with Crippen LogP contribution in [0.25, 0.3) is 11.5 Å². The number of nitrogens with zero attached hydrogens (tertiary/aromatic N) is 2. The van der Waals surface area contributed by atoms with Gasteiger partial charge in [0.1, 0.15) is 5.82 Å². The van der Waals surface area contributed by atoms with Crippen LogP contribution in [0.3, 0.4) is 0 Å².